The Morgan fingerprint density at radius 3 is 2.47 bits per heavy atom. The number of imidazole rings is 1. The van der Waals surface area contributed by atoms with Crippen molar-refractivity contribution in [2.45, 2.75) is 77.2 Å². The van der Waals surface area contributed by atoms with Crippen LogP contribution in [0.5, 0.6) is 0 Å². The number of hydrogen-bond donors (Lipinski definition) is 2. The molecule has 2 aliphatic carbocycles. The smallest absolute Gasteiger partial charge is 0.296 e. The molecule has 0 atom stereocenters. The number of hydrogen-bond acceptors (Lipinski definition) is 8. The van der Waals surface area contributed by atoms with Gasteiger partial charge in [0.1, 0.15) is 11.6 Å². The maximum Gasteiger partial charge on any atom is 0.296 e. The van der Waals surface area contributed by atoms with Crippen LogP contribution in [0.4, 0.5) is 20.5 Å². The Morgan fingerprint density at radius 1 is 1.00 bits per heavy atom. The summed E-state index contributed by atoms with van der Waals surface area (Å²) in [6.07, 6.45) is 9.61. The number of morpholine rings is 1. The molecule has 3 aliphatic rings. The number of para-hydroxylation sites is 2. The number of nitrogens with one attached hydrogen (secondary N) is 1. The number of fused-ring (bicyclic) bond motifs is 1. The number of aromatic nitrogens is 4. The fourth-order valence-electron chi connectivity index (χ4n) is 7.36. The molecule has 1 aromatic carbocycles. The maximum atomic E-state index is 14.2. The van der Waals surface area contributed by atoms with Crippen molar-refractivity contribution in [2.75, 3.05) is 56.2 Å². The van der Waals surface area contributed by atoms with Gasteiger partial charge in [0.2, 0.25) is 5.95 Å². The third-order valence-electron chi connectivity index (χ3n) is 9.82. The van der Waals surface area contributed by atoms with E-state index in [1.165, 1.54) is 42.9 Å². The van der Waals surface area contributed by atoms with Gasteiger partial charge in [0, 0.05) is 44.8 Å². The summed E-state index contributed by atoms with van der Waals surface area (Å²) in [5.41, 5.74) is 2.11. The minimum absolute atomic E-state index is 0.323. The highest BCUT2D eigenvalue weighted by atomic mass is 19.3. The van der Waals surface area contributed by atoms with Crippen LogP contribution in [-0.4, -0.2) is 81.5 Å². The van der Waals surface area contributed by atoms with Crippen LogP contribution in [0.1, 0.15) is 77.0 Å². The van der Waals surface area contributed by atoms with Gasteiger partial charge in [-0.15, -0.1) is 0 Å². The molecule has 0 radical (unpaired) electrons. The van der Waals surface area contributed by atoms with Crippen molar-refractivity contribution in [1.82, 2.24) is 24.4 Å². The third-order valence-corrected chi connectivity index (χ3v) is 9.82. The zero-order valence-electron chi connectivity index (χ0n) is 26.4. The lowest BCUT2D eigenvalue weighted by atomic mass is 9.83. The van der Waals surface area contributed by atoms with E-state index in [0.29, 0.717) is 66.9 Å². The molecule has 2 N–H and O–H groups in total. The van der Waals surface area contributed by atoms with Crippen LogP contribution in [0.15, 0.2) is 42.2 Å². The van der Waals surface area contributed by atoms with Gasteiger partial charge >= 0.3 is 0 Å². The van der Waals surface area contributed by atoms with E-state index >= 15 is 0 Å². The molecule has 0 unspecified atom stereocenters. The molecule has 1 saturated heterocycles. The normalized spacial score (nSPS) is 22.1. The number of aliphatic hydroxyl groups excluding tert-OH is 1. The van der Waals surface area contributed by atoms with Crippen molar-refractivity contribution < 1.29 is 18.6 Å². The van der Waals surface area contributed by atoms with Crippen molar-refractivity contribution >= 4 is 22.8 Å². The Morgan fingerprint density at radius 2 is 1.73 bits per heavy atom. The van der Waals surface area contributed by atoms with Gasteiger partial charge < -0.3 is 20.1 Å². The van der Waals surface area contributed by atoms with Crippen LogP contribution >= 0.6 is 0 Å². The second-order valence-electron chi connectivity index (χ2n) is 13.1. The number of benzene rings is 1. The lowest BCUT2D eigenvalue weighted by Gasteiger charge is -2.39. The first-order valence-electron chi connectivity index (χ1n) is 16.7. The van der Waals surface area contributed by atoms with Gasteiger partial charge in [0.05, 0.1) is 30.5 Å². The molecule has 6 rings (SSSR count). The predicted octanol–water partition coefficient (Wildman–Crippen LogP) is 6.90. The standard InChI is InChI=1S/C34H47F2N7O2/c1-24(23-44)21-42(22-26-7-3-2-4-8-26)27-13-11-25(12-14-27)20-37-34-39-30(41-15-17-45-18-16-41)19-31(40-34)43-29-10-6-5-9-28(29)38-33(43)32(35)36/h5-6,9-10,19,23,25-27,32,44H,2-4,7-8,11-18,20-22H2,1H3,(H,37,39,40)/b24-23+/t25-,27-. The summed E-state index contributed by atoms with van der Waals surface area (Å²) in [6.45, 7) is 7.22. The van der Waals surface area contributed by atoms with E-state index in [4.69, 9.17) is 14.7 Å². The van der Waals surface area contributed by atoms with E-state index in [1.54, 1.807) is 24.3 Å². The summed E-state index contributed by atoms with van der Waals surface area (Å²) < 4.78 is 35.5. The van der Waals surface area contributed by atoms with Crippen molar-refractivity contribution in [3.8, 4) is 5.82 Å². The molecule has 9 nitrogen and oxygen atoms in total. The molecule has 244 valence electrons. The van der Waals surface area contributed by atoms with Gasteiger partial charge in [0.25, 0.3) is 6.43 Å². The Balaban J connectivity index is 1.17. The Labute approximate surface area is 264 Å². The predicted molar refractivity (Wildman–Crippen MR) is 173 cm³/mol. The van der Waals surface area contributed by atoms with Crippen molar-refractivity contribution in [3.05, 3.63) is 48.0 Å². The Bertz CT molecular complexity index is 1430. The van der Waals surface area contributed by atoms with E-state index in [2.05, 4.69) is 20.1 Å². The molecular formula is C34H47F2N7O2. The summed E-state index contributed by atoms with van der Waals surface area (Å²) in [5, 5.41) is 13.1. The number of nitrogens with zero attached hydrogens (tertiary/aromatic N) is 6. The first kappa shape index (κ1) is 31.7. The molecule has 3 heterocycles. The number of aliphatic hydroxyl groups is 1. The second kappa shape index (κ2) is 14.9. The van der Waals surface area contributed by atoms with Crippen LogP contribution in [0.3, 0.4) is 0 Å². The quantitative estimate of drug-likeness (QED) is 0.223. The summed E-state index contributed by atoms with van der Waals surface area (Å²) >= 11 is 0. The van der Waals surface area contributed by atoms with Gasteiger partial charge in [-0.2, -0.15) is 9.97 Å². The van der Waals surface area contributed by atoms with Crippen molar-refractivity contribution in [1.29, 1.82) is 0 Å². The maximum absolute atomic E-state index is 14.2. The highest BCUT2D eigenvalue weighted by Gasteiger charge is 2.29. The van der Waals surface area contributed by atoms with Gasteiger partial charge in [-0.1, -0.05) is 31.4 Å². The molecular weight excluding hydrogens is 576 g/mol. The minimum atomic E-state index is -2.75. The number of alkyl halides is 2. The van der Waals surface area contributed by atoms with Crippen molar-refractivity contribution in [2.24, 2.45) is 11.8 Å². The molecule has 0 spiro atoms. The summed E-state index contributed by atoms with van der Waals surface area (Å²) in [7, 11) is 0. The highest BCUT2D eigenvalue weighted by molar-refractivity contribution is 5.78. The Hall–Kier alpha value is -3.31. The Kier molecular flexibility index (Phi) is 10.5. The van der Waals surface area contributed by atoms with Gasteiger partial charge in [0.15, 0.2) is 5.82 Å². The molecule has 45 heavy (non-hydrogen) atoms. The molecule has 3 aromatic rings. The first-order valence-corrected chi connectivity index (χ1v) is 16.7. The molecule has 11 heteroatoms. The van der Waals surface area contributed by atoms with E-state index in [1.807, 2.05) is 13.0 Å². The lowest BCUT2D eigenvalue weighted by molar-refractivity contribution is 0.117. The fraction of sp³-hybridized carbons (Fsp3) is 0.618. The van der Waals surface area contributed by atoms with Crippen LogP contribution in [0.25, 0.3) is 16.9 Å². The van der Waals surface area contributed by atoms with E-state index in [-0.39, 0.29) is 5.82 Å². The average Bonchev–Trinajstić information content (AvgIpc) is 3.48. The largest absolute Gasteiger partial charge is 0.516 e. The first-order chi connectivity index (χ1) is 22.0. The summed E-state index contributed by atoms with van der Waals surface area (Å²) in [4.78, 5) is 18.6. The van der Waals surface area contributed by atoms with Gasteiger partial charge in [-0.25, -0.2) is 13.8 Å². The molecule has 2 aromatic heterocycles. The molecule has 2 saturated carbocycles. The van der Waals surface area contributed by atoms with E-state index in [0.717, 1.165) is 56.8 Å². The summed E-state index contributed by atoms with van der Waals surface area (Å²) in [5.74, 6) is 2.42. The number of ether oxygens (including phenoxy) is 1. The van der Waals surface area contributed by atoms with Crippen LogP contribution in [0.2, 0.25) is 0 Å². The summed E-state index contributed by atoms with van der Waals surface area (Å²) in [6, 6.07) is 9.47. The lowest BCUT2D eigenvalue weighted by Crippen LogP contribution is -2.42. The number of anilines is 2. The van der Waals surface area contributed by atoms with Crippen LogP contribution in [0, 0.1) is 11.8 Å². The van der Waals surface area contributed by atoms with E-state index in [9.17, 15) is 13.9 Å². The van der Waals surface area contributed by atoms with E-state index < -0.39 is 6.43 Å². The number of rotatable bonds is 11. The molecule has 3 fully saturated rings. The van der Waals surface area contributed by atoms with Crippen LogP contribution < -0.4 is 10.2 Å². The fourth-order valence-corrected chi connectivity index (χ4v) is 7.36. The zero-order valence-corrected chi connectivity index (χ0v) is 26.4. The molecule has 0 amide bonds. The van der Waals surface area contributed by atoms with Crippen LogP contribution in [-0.2, 0) is 4.74 Å². The SMILES string of the molecule is C/C(=C\O)CN(CC1CCCCC1)[C@H]1CC[C@H](CNc2nc(N3CCOCC3)cc(-n3c(C(F)F)nc4ccccc43)n2)CC1. The third kappa shape index (κ3) is 7.74. The highest BCUT2D eigenvalue weighted by Crippen LogP contribution is 2.33. The molecule has 1 aliphatic heterocycles. The number of halogens is 2. The van der Waals surface area contributed by atoms with Crippen molar-refractivity contribution in [3.63, 3.8) is 0 Å². The minimum Gasteiger partial charge on any atom is -0.516 e. The second-order valence-corrected chi connectivity index (χ2v) is 13.1. The van der Waals surface area contributed by atoms with Gasteiger partial charge in [-0.3, -0.25) is 9.47 Å². The molecule has 0 bridgehead atoms. The topological polar surface area (TPSA) is 91.6 Å². The zero-order chi connectivity index (χ0) is 31.2. The van der Waals surface area contributed by atoms with Gasteiger partial charge in [-0.05, 0) is 75.0 Å². The monoisotopic (exact) mass is 623 g/mol. The average molecular weight is 624 g/mol.